The number of fused-ring (bicyclic) bond motifs is 2. The van der Waals surface area contributed by atoms with Gasteiger partial charge in [-0.05, 0) is 43.9 Å². The Morgan fingerprint density at radius 3 is 2.76 bits per heavy atom. The summed E-state index contributed by atoms with van der Waals surface area (Å²) in [6, 6.07) is 0.233. The number of nitrogens with one attached hydrogen (secondary N) is 2. The molecular formula is C13H22N2O2. The Morgan fingerprint density at radius 1 is 1.41 bits per heavy atom. The Hall–Kier alpha value is -0.770. The molecule has 17 heavy (non-hydrogen) atoms. The number of hydrogen-bond acceptors (Lipinski definition) is 2. The molecule has 2 heterocycles. The average Bonchev–Trinajstić information content (AvgIpc) is 2.83. The van der Waals surface area contributed by atoms with Crippen LogP contribution in [-0.4, -0.2) is 30.8 Å². The van der Waals surface area contributed by atoms with Gasteiger partial charge in [0, 0.05) is 6.54 Å². The fourth-order valence-electron chi connectivity index (χ4n) is 3.11. The van der Waals surface area contributed by atoms with Crippen LogP contribution < -0.4 is 10.6 Å². The van der Waals surface area contributed by atoms with Gasteiger partial charge < -0.3 is 15.4 Å². The first kappa shape index (κ1) is 11.3. The molecular weight excluding hydrogens is 216 g/mol. The fraction of sp³-hybridized carbons (Fsp3) is 0.923. The average molecular weight is 238 g/mol. The molecule has 3 aliphatic rings. The Kier molecular flexibility index (Phi) is 2.77. The highest BCUT2D eigenvalue weighted by Gasteiger charge is 2.43. The van der Waals surface area contributed by atoms with E-state index >= 15 is 0 Å². The van der Waals surface area contributed by atoms with Gasteiger partial charge in [0.2, 0.25) is 0 Å². The Labute approximate surface area is 102 Å². The van der Waals surface area contributed by atoms with Crippen molar-refractivity contribution in [3.8, 4) is 0 Å². The quantitative estimate of drug-likeness (QED) is 0.784. The van der Waals surface area contributed by atoms with Gasteiger partial charge in [0.05, 0.1) is 18.2 Å². The van der Waals surface area contributed by atoms with E-state index in [1.165, 1.54) is 25.7 Å². The largest absolute Gasteiger partial charge is 0.373 e. The molecule has 0 spiro atoms. The van der Waals surface area contributed by atoms with Crippen LogP contribution in [0.25, 0.3) is 0 Å². The van der Waals surface area contributed by atoms with Crippen molar-refractivity contribution in [2.75, 3.05) is 6.54 Å². The van der Waals surface area contributed by atoms with E-state index in [2.05, 4.69) is 17.6 Å². The van der Waals surface area contributed by atoms with E-state index in [0.717, 1.165) is 19.4 Å². The predicted octanol–water partition coefficient (Wildman–Crippen LogP) is 1.80. The lowest BCUT2D eigenvalue weighted by Gasteiger charge is -2.21. The second-order valence-corrected chi connectivity index (χ2v) is 5.90. The molecule has 4 heteroatoms. The van der Waals surface area contributed by atoms with Gasteiger partial charge >= 0.3 is 6.03 Å². The molecule has 0 unspecified atom stereocenters. The summed E-state index contributed by atoms with van der Waals surface area (Å²) >= 11 is 0. The van der Waals surface area contributed by atoms with E-state index in [0.29, 0.717) is 11.5 Å². The summed E-state index contributed by atoms with van der Waals surface area (Å²) in [7, 11) is 0. The zero-order valence-corrected chi connectivity index (χ0v) is 10.5. The van der Waals surface area contributed by atoms with Gasteiger partial charge in [0.1, 0.15) is 0 Å². The third kappa shape index (κ3) is 2.28. The van der Waals surface area contributed by atoms with E-state index < -0.39 is 0 Å². The molecule has 2 bridgehead atoms. The Balaban J connectivity index is 1.42. The van der Waals surface area contributed by atoms with Crippen molar-refractivity contribution in [3.63, 3.8) is 0 Å². The lowest BCUT2D eigenvalue weighted by Crippen LogP contribution is -2.47. The van der Waals surface area contributed by atoms with Crippen LogP contribution in [0, 0.1) is 5.41 Å². The summed E-state index contributed by atoms with van der Waals surface area (Å²) < 4.78 is 5.72. The number of carbonyl (C=O) groups excluding carboxylic acids is 1. The van der Waals surface area contributed by atoms with Crippen LogP contribution in [0.4, 0.5) is 4.79 Å². The number of urea groups is 1. The van der Waals surface area contributed by atoms with Gasteiger partial charge in [0.15, 0.2) is 0 Å². The van der Waals surface area contributed by atoms with Crippen molar-refractivity contribution < 1.29 is 9.53 Å². The van der Waals surface area contributed by atoms with Crippen molar-refractivity contribution in [1.82, 2.24) is 10.6 Å². The highest BCUT2D eigenvalue weighted by Crippen LogP contribution is 2.47. The molecule has 0 aromatic carbocycles. The van der Waals surface area contributed by atoms with Crippen LogP contribution in [0.1, 0.15) is 45.4 Å². The van der Waals surface area contributed by atoms with Gasteiger partial charge in [-0.3, -0.25) is 0 Å². The molecule has 96 valence electrons. The van der Waals surface area contributed by atoms with Crippen LogP contribution >= 0.6 is 0 Å². The second kappa shape index (κ2) is 4.16. The number of hydrogen-bond donors (Lipinski definition) is 2. The molecule has 2 N–H and O–H groups in total. The lowest BCUT2D eigenvalue weighted by molar-refractivity contribution is 0.0980. The fourth-order valence-corrected chi connectivity index (χ4v) is 3.11. The Bertz CT molecular complexity index is 315. The molecule has 3 atom stereocenters. The second-order valence-electron chi connectivity index (χ2n) is 5.90. The predicted molar refractivity (Wildman–Crippen MR) is 64.8 cm³/mol. The summed E-state index contributed by atoms with van der Waals surface area (Å²) in [6.07, 6.45) is 7.64. The molecule has 1 saturated carbocycles. The molecule has 4 nitrogen and oxygen atoms in total. The van der Waals surface area contributed by atoms with Gasteiger partial charge in [0.25, 0.3) is 0 Å². The summed E-state index contributed by atoms with van der Waals surface area (Å²) in [6.45, 7) is 3.04. The molecule has 1 aliphatic carbocycles. The van der Waals surface area contributed by atoms with E-state index in [1.54, 1.807) is 0 Å². The van der Waals surface area contributed by atoms with Gasteiger partial charge in [-0.2, -0.15) is 0 Å². The standard InChI is InChI=1S/C13H22N2O2/c1-2-13(5-6-13)8-14-12(16)15-10-7-9-3-4-11(10)17-9/h9-11H,2-8H2,1H3,(H2,14,15,16)/t9-,10-,11-/m1/s1. The van der Waals surface area contributed by atoms with Crippen molar-refractivity contribution >= 4 is 6.03 Å². The zero-order chi connectivity index (χ0) is 11.9. The minimum Gasteiger partial charge on any atom is -0.373 e. The van der Waals surface area contributed by atoms with Gasteiger partial charge in [-0.15, -0.1) is 0 Å². The molecule has 2 amide bonds. The smallest absolute Gasteiger partial charge is 0.315 e. The van der Waals surface area contributed by atoms with Crippen LogP contribution in [-0.2, 0) is 4.74 Å². The van der Waals surface area contributed by atoms with E-state index in [9.17, 15) is 4.79 Å². The first-order valence-corrected chi connectivity index (χ1v) is 6.91. The third-order valence-corrected chi connectivity index (χ3v) is 4.75. The molecule has 0 aromatic rings. The maximum atomic E-state index is 11.8. The maximum Gasteiger partial charge on any atom is 0.315 e. The highest BCUT2D eigenvalue weighted by atomic mass is 16.5. The van der Waals surface area contributed by atoms with Crippen molar-refractivity contribution in [2.45, 2.75) is 63.7 Å². The first-order valence-electron chi connectivity index (χ1n) is 6.91. The molecule has 2 saturated heterocycles. The normalized spacial score (nSPS) is 36.9. The monoisotopic (exact) mass is 238 g/mol. The summed E-state index contributed by atoms with van der Waals surface area (Å²) in [5, 5.41) is 6.08. The maximum absolute atomic E-state index is 11.8. The SMILES string of the molecule is CCC1(CNC(=O)N[C@@H]2C[C@H]3CC[C@H]2O3)CC1. The molecule has 2 aliphatic heterocycles. The topological polar surface area (TPSA) is 50.4 Å². The van der Waals surface area contributed by atoms with Crippen molar-refractivity contribution in [3.05, 3.63) is 0 Å². The van der Waals surface area contributed by atoms with Crippen molar-refractivity contribution in [1.29, 1.82) is 0 Å². The molecule has 0 aromatic heterocycles. The lowest BCUT2D eigenvalue weighted by atomic mass is 9.96. The first-order chi connectivity index (χ1) is 8.21. The number of amides is 2. The minimum absolute atomic E-state index is 0.00845. The number of carbonyl (C=O) groups is 1. The summed E-state index contributed by atoms with van der Waals surface area (Å²) in [5.41, 5.74) is 0.419. The number of ether oxygens (including phenoxy) is 1. The van der Waals surface area contributed by atoms with Gasteiger partial charge in [-0.25, -0.2) is 4.79 Å². The van der Waals surface area contributed by atoms with Crippen LogP contribution in [0.3, 0.4) is 0 Å². The zero-order valence-electron chi connectivity index (χ0n) is 10.5. The highest BCUT2D eigenvalue weighted by molar-refractivity contribution is 5.74. The van der Waals surface area contributed by atoms with E-state index in [-0.39, 0.29) is 18.2 Å². The van der Waals surface area contributed by atoms with Crippen molar-refractivity contribution in [2.24, 2.45) is 5.41 Å². The van der Waals surface area contributed by atoms with Crippen LogP contribution in [0.5, 0.6) is 0 Å². The molecule has 3 rings (SSSR count). The summed E-state index contributed by atoms with van der Waals surface area (Å²) in [4.78, 5) is 11.8. The number of rotatable bonds is 4. The molecule has 0 radical (unpaired) electrons. The van der Waals surface area contributed by atoms with Crippen LogP contribution in [0.2, 0.25) is 0 Å². The van der Waals surface area contributed by atoms with E-state index in [1.807, 2.05) is 0 Å². The van der Waals surface area contributed by atoms with E-state index in [4.69, 9.17) is 4.74 Å². The summed E-state index contributed by atoms with van der Waals surface area (Å²) in [5.74, 6) is 0. The third-order valence-electron chi connectivity index (χ3n) is 4.75. The van der Waals surface area contributed by atoms with Gasteiger partial charge in [-0.1, -0.05) is 6.92 Å². The Morgan fingerprint density at radius 2 is 2.24 bits per heavy atom. The molecule has 3 fully saturated rings. The van der Waals surface area contributed by atoms with Crippen LogP contribution in [0.15, 0.2) is 0 Å². The minimum atomic E-state index is -0.00845.